The first-order valence-corrected chi connectivity index (χ1v) is 6.20. The van der Waals surface area contributed by atoms with Crippen LogP contribution in [0.1, 0.15) is 6.42 Å². The number of rotatable bonds is 2. The van der Waals surface area contributed by atoms with E-state index in [0.29, 0.717) is 10.3 Å². The monoisotopic (exact) mass is 230 g/mol. The van der Waals surface area contributed by atoms with Gasteiger partial charge in [-0.15, -0.1) is 10.2 Å². The van der Waals surface area contributed by atoms with Gasteiger partial charge in [-0.3, -0.25) is 4.79 Å². The molecule has 1 aromatic heterocycles. The van der Waals surface area contributed by atoms with E-state index in [9.17, 15) is 4.79 Å². The highest BCUT2D eigenvalue weighted by molar-refractivity contribution is 7.99. The summed E-state index contributed by atoms with van der Waals surface area (Å²) in [5.74, 6) is 2.12. The van der Waals surface area contributed by atoms with Gasteiger partial charge < -0.3 is 11.1 Å². The van der Waals surface area contributed by atoms with Crippen LogP contribution in [0.3, 0.4) is 0 Å². The van der Waals surface area contributed by atoms with Crippen molar-refractivity contribution < 1.29 is 4.79 Å². The van der Waals surface area contributed by atoms with Crippen molar-refractivity contribution in [3.8, 4) is 0 Å². The van der Waals surface area contributed by atoms with Gasteiger partial charge in [0.25, 0.3) is 0 Å². The second-order valence-corrected chi connectivity index (χ2v) is 5.15. The van der Waals surface area contributed by atoms with Crippen LogP contribution in [0, 0.1) is 5.92 Å². The number of hydrogen-bond donors (Lipinski definition) is 2. The summed E-state index contributed by atoms with van der Waals surface area (Å²) in [5, 5.41) is 10.9. The molecule has 1 aromatic rings. The first kappa shape index (κ1) is 9.72. The van der Waals surface area contributed by atoms with Gasteiger partial charge in [-0.2, -0.15) is 11.8 Å². The van der Waals surface area contributed by atoms with E-state index in [-0.39, 0.29) is 11.8 Å². The Morgan fingerprint density at radius 3 is 3.00 bits per heavy atom. The standard InChI is InChI=1S/C7H10N4OS2/c8-6-10-11-7(14-6)9-5(12)4-1-2-13-3-4/h4H,1-3H2,(H2,8,10)(H,9,11,12). The molecular weight excluding hydrogens is 220 g/mol. The topological polar surface area (TPSA) is 80.9 Å². The summed E-state index contributed by atoms with van der Waals surface area (Å²) in [5.41, 5.74) is 5.40. The van der Waals surface area contributed by atoms with Gasteiger partial charge in [-0.05, 0) is 12.2 Å². The lowest BCUT2D eigenvalue weighted by Gasteiger charge is -2.05. The second-order valence-electron chi connectivity index (χ2n) is 3.00. The van der Waals surface area contributed by atoms with Crippen LogP contribution in [0.4, 0.5) is 10.3 Å². The average Bonchev–Trinajstić information content (AvgIpc) is 2.75. The third-order valence-corrected chi connectivity index (χ3v) is 3.80. The number of hydrogen-bond acceptors (Lipinski definition) is 6. The van der Waals surface area contributed by atoms with Crippen LogP contribution < -0.4 is 11.1 Å². The summed E-state index contributed by atoms with van der Waals surface area (Å²) in [6.07, 6.45) is 0.949. The number of carbonyl (C=O) groups excluding carboxylic acids is 1. The Balaban J connectivity index is 1.93. The molecule has 2 rings (SSSR count). The molecule has 7 heteroatoms. The maximum absolute atomic E-state index is 11.6. The molecule has 0 radical (unpaired) electrons. The van der Waals surface area contributed by atoms with Gasteiger partial charge >= 0.3 is 0 Å². The molecule has 1 aliphatic rings. The SMILES string of the molecule is Nc1nnc(NC(=O)C2CCSC2)s1. The summed E-state index contributed by atoms with van der Waals surface area (Å²) in [7, 11) is 0. The molecule has 2 heterocycles. The zero-order valence-corrected chi connectivity index (χ0v) is 9.03. The number of amides is 1. The number of nitrogen functional groups attached to an aromatic ring is 1. The van der Waals surface area contributed by atoms with Gasteiger partial charge in [-0.1, -0.05) is 11.3 Å². The third kappa shape index (κ3) is 2.16. The Hall–Kier alpha value is -0.820. The summed E-state index contributed by atoms with van der Waals surface area (Å²) in [4.78, 5) is 11.6. The van der Waals surface area contributed by atoms with Crippen molar-refractivity contribution in [1.82, 2.24) is 10.2 Å². The van der Waals surface area contributed by atoms with Gasteiger partial charge in [0.15, 0.2) is 0 Å². The zero-order chi connectivity index (χ0) is 9.97. The average molecular weight is 230 g/mol. The Morgan fingerprint density at radius 1 is 1.57 bits per heavy atom. The van der Waals surface area contributed by atoms with Gasteiger partial charge in [0.1, 0.15) is 0 Å². The molecular formula is C7H10N4OS2. The van der Waals surface area contributed by atoms with Gasteiger partial charge in [0.05, 0.1) is 0 Å². The largest absolute Gasteiger partial charge is 0.374 e. The third-order valence-electron chi connectivity index (χ3n) is 1.97. The van der Waals surface area contributed by atoms with Crippen LogP contribution in [0.2, 0.25) is 0 Å². The van der Waals surface area contributed by atoms with Crippen LogP contribution >= 0.6 is 23.1 Å². The van der Waals surface area contributed by atoms with Crippen LogP contribution in [-0.4, -0.2) is 27.6 Å². The lowest BCUT2D eigenvalue weighted by Crippen LogP contribution is -2.22. The number of nitrogens with zero attached hydrogens (tertiary/aromatic N) is 2. The van der Waals surface area contributed by atoms with E-state index >= 15 is 0 Å². The van der Waals surface area contributed by atoms with Crippen molar-refractivity contribution in [3.63, 3.8) is 0 Å². The molecule has 1 atom stereocenters. The van der Waals surface area contributed by atoms with Crippen LogP contribution in [-0.2, 0) is 4.79 Å². The minimum absolute atomic E-state index is 0.0335. The number of nitrogens with two attached hydrogens (primary N) is 1. The summed E-state index contributed by atoms with van der Waals surface area (Å²) >= 11 is 3.00. The lowest BCUT2D eigenvalue weighted by atomic mass is 10.1. The van der Waals surface area contributed by atoms with Gasteiger partial charge in [0, 0.05) is 11.7 Å². The van der Waals surface area contributed by atoms with E-state index < -0.39 is 0 Å². The fraction of sp³-hybridized carbons (Fsp3) is 0.571. The van der Waals surface area contributed by atoms with E-state index in [2.05, 4.69) is 15.5 Å². The zero-order valence-electron chi connectivity index (χ0n) is 7.40. The summed E-state index contributed by atoms with van der Waals surface area (Å²) < 4.78 is 0. The number of thioether (sulfide) groups is 1. The Labute approximate surface area is 89.5 Å². The normalized spacial score (nSPS) is 21.0. The maximum Gasteiger partial charge on any atom is 0.230 e. The predicted molar refractivity (Wildman–Crippen MR) is 58.4 cm³/mol. The molecule has 1 fully saturated rings. The maximum atomic E-state index is 11.6. The van der Waals surface area contributed by atoms with Gasteiger partial charge in [0.2, 0.25) is 16.2 Å². The molecule has 1 aliphatic heterocycles. The molecule has 1 amide bonds. The molecule has 5 nitrogen and oxygen atoms in total. The molecule has 1 unspecified atom stereocenters. The summed E-state index contributed by atoms with van der Waals surface area (Å²) in [6, 6.07) is 0. The van der Waals surface area contributed by atoms with Crippen molar-refractivity contribution in [3.05, 3.63) is 0 Å². The van der Waals surface area contributed by atoms with E-state index in [1.807, 2.05) is 11.8 Å². The van der Waals surface area contributed by atoms with Crippen molar-refractivity contribution in [1.29, 1.82) is 0 Å². The van der Waals surface area contributed by atoms with Gasteiger partial charge in [-0.25, -0.2) is 0 Å². The molecule has 0 bridgehead atoms. The van der Waals surface area contributed by atoms with E-state index in [4.69, 9.17) is 5.73 Å². The predicted octanol–water partition coefficient (Wildman–Crippen LogP) is 0.812. The quantitative estimate of drug-likeness (QED) is 0.786. The Kier molecular flexibility index (Phi) is 2.87. The van der Waals surface area contributed by atoms with E-state index in [1.54, 1.807) is 0 Å². The molecule has 0 saturated carbocycles. The van der Waals surface area contributed by atoms with Crippen molar-refractivity contribution in [2.45, 2.75) is 6.42 Å². The first-order valence-electron chi connectivity index (χ1n) is 4.23. The number of carbonyl (C=O) groups is 1. The highest BCUT2D eigenvalue weighted by Gasteiger charge is 2.23. The van der Waals surface area contributed by atoms with E-state index in [0.717, 1.165) is 17.9 Å². The highest BCUT2D eigenvalue weighted by Crippen LogP contribution is 2.25. The molecule has 76 valence electrons. The van der Waals surface area contributed by atoms with Crippen molar-refractivity contribution in [2.24, 2.45) is 5.92 Å². The first-order chi connectivity index (χ1) is 6.75. The fourth-order valence-electron chi connectivity index (χ4n) is 1.23. The number of aromatic nitrogens is 2. The van der Waals surface area contributed by atoms with Crippen LogP contribution in [0.5, 0.6) is 0 Å². The number of nitrogens with one attached hydrogen (secondary N) is 1. The highest BCUT2D eigenvalue weighted by atomic mass is 32.2. The molecule has 1 saturated heterocycles. The fourth-order valence-corrected chi connectivity index (χ4v) is 2.97. The molecule has 0 spiro atoms. The van der Waals surface area contributed by atoms with Crippen molar-refractivity contribution >= 4 is 39.3 Å². The summed E-state index contributed by atoms with van der Waals surface area (Å²) in [6.45, 7) is 0. The van der Waals surface area contributed by atoms with E-state index in [1.165, 1.54) is 11.3 Å². The minimum atomic E-state index is 0.0335. The Morgan fingerprint density at radius 2 is 2.43 bits per heavy atom. The van der Waals surface area contributed by atoms with Crippen LogP contribution in [0.15, 0.2) is 0 Å². The lowest BCUT2D eigenvalue weighted by molar-refractivity contribution is -0.119. The Bertz CT molecular complexity index is 334. The molecule has 0 aromatic carbocycles. The number of anilines is 2. The van der Waals surface area contributed by atoms with Crippen LogP contribution in [0.25, 0.3) is 0 Å². The smallest absolute Gasteiger partial charge is 0.230 e. The molecule has 3 N–H and O–H groups in total. The second kappa shape index (κ2) is 4.14. The minimum Gasteiger partial charge on any atom is -0.374 e. The molecule has 0 aliphatic carbocycles. The molecule has 14 heavy (non-hydrogen) atoms. The van der Waals surface area contributed by atoms with Crippen molar-refractivity contribution in [2.75, 3.05) is 22.6 Å².